The van der Waals surface area contributed by atoms with E-state index in [9.17, 15) is 4.79 Å². The predicted octanol–water partition coefficient (Wildman–Crippen LogP) is 3.71. The molecule has 1 aromatic rings. The normalized spacial score (nSPS) is 16.5. The summed E-state index contributed by atoms with van der Waals surface area (Å²) in [6.07, 6.45) is 1.83. The lowest BCUT2D eigenvalue weighted by molar-refractivity contribution is -0.121. The molecule has 22 heavy (non-hydrogen) atoms. The molecule has 1 saturated heterocycles. The van der Waals surface area contributed by atoms with Gasteiger partial charge in [0.15, 0.2) is 0 Å². The van der Waals surface area contributed by atoms with E-state index in [1.807, 2.05) is 45.0 Å². The van der Waals surface area contributed by atoms with Crippen molar-refractivity contribution in [2.24, 2.45) is 0 Å². The summed E-state index contributed by atoms with van der Waals surface area (Å²) in [4.78, 5) is 14.5. The van der Waals surface area contributed by atoms with Gasteiger partial charge < -0.3 is 9.47 Å². The van der Waals surface area contributed by atoms with Crippen molar-refractivity contribution in [1.29, 1.82) is 0 Å². The van der Waals surface area contributed by atoms with Gasteiger partial charge in [-0.1, -0.05) is 24.0 Å². The van der Waals surface area contributed by atoms with Gasteiger partial charge in [-0.25, -0.2) is 0 Å². The van der Waals surface area contributed by atoms with Crippen molar-refractivity contribution in [1.82, 2.24) is 4.90 Å². The van der Waals surface area contributed by atoms with Crippen molar-refractivity contribution >= 4 is 40.3 Å². The van der Waals surface area contributed by atoms with Crippen LogP contribution in [0.25, 0.3) is 6.08 Å². The van der Waals surface area contributed by atoms with E-state index in [0.29, 0.717) is 34.7 Å². The monoisotopic (exact) mass is 337 g/mol. The summed E-state index contributed by atoms with van der Waals surface area (Å²) >= 11 is 6.55. The maximum atomic E-state index is 12.3. The number of hydrogen-bond donors (Lipinski definition) is 0. The highest BCUT2D eigenvalue weighted by Gasteiger charge is 2.30. The van der Waals surface area contributed by atoms with Gasteiger partial charge in [-0.05, 0) is 39.0 Å². The van der Waals surface area contributed by atoms with Crippen LogP contribution in [0, 0.1) is 0 Å². The summed E-state index contributed by atoms with van der Waals surface area (Å²) < 4.78 is 11.7. The van der Waals surface area contributed by atoms with Gasteiger partial charge in [-0.3, -0.25) is 9.69 Å². The summed E-state index contributed by atoms with van der Waals surface area (Å²) in [6.45, 7) is 7.50. The zero-order valence-corrected chi connectivity index (χ0v) is 14.6. The van der Waals surface area contributed by atoms with Crippen LogP contribution >= 0.6 is 24.0 Å². The molecule has 118 valence electrons. The number of rotatable bonds is 6. The molecule has 0 aliphatic carbocycles. The third-order valence-electron chi connectivity index (χ3n) is 3.07. The quantitative estimate of drug-likeness (QED) is 0.584. The SMILES string of the molecule is CCOc1ccc(C=C2SC(=S)N(CC)C2=O)c(OCC)c1. The number of nitrogens with zero attached hydrogens (tertiary/aromatic N) is 1. The van der Waals surface area contributed by atoms with Crippen LogP contribution in [0.4, 0.5) is 0 Å². The first-order valence-electron chi connectivity index (χ1n) is 7.25. The number of amides is 1. The lowest BCUT2D eigenvalue weighted by atomic mass is 10.1. The smallest absolute Gasteiger partial charge is 0.266 e. The Labute approximate surface area is 140 Å². The fraction of sp³-hybridized carbons (Fsp3) is 0.375. The lowest BCUT2D eigenvalue weighted by Gasteiger charge is -2.11. The molecule has 0 radical (unpaired) electrons. The van der Waals surface area contributed by atoms with Crippen LogP contribution in [-0.4, -0.2) is 34.9 Å². The van der Waals surface area contributed by atoms with E-state index in [4.69, 9.17) is 21.7 Å². The van der Waals surface area contributed by atoms with Gasteiger partial charge in [-0.15, -0.1) is 0 Å². The van der Waals surface area contributed by atoms with Crippen LogP contribution in [0.3, 0.4) is 0 Å². The zero-order chi connectivity index (χ0) is 16.1. The minimum atomic E-state index is -0.0474. The van der Waals surface area contributed by atoms with Gasteiger partial charge in [0.05, 0.1) is 18.1 Å². The Morgan fingerprint density at radius 2 is 1.95 bits per heavy atom. The summed E-state index contributed by atoms with van der Waals surface area (Å²) in [5.41, 5.74) is 0.849. The fourth-order valence-corrected chi connectivity index (χ4v) is 3.46. The summed E-state index contributed by atoms with van der Waals surface area (Å²) in [7, 11) is 0. The molecule has 6 heteroatoms. The second-order valence-corrected chi connectivity index (χ2v) is 6.17. The first-order chi connectivity index (χ1) is 10.6. The number of hydrogen-bond acceptors (Lipinski definition) is 5. The molecular formula is C16H19NO3S2. The number of thioether (sulfide) groups is 1. The average molecular weight is 337 g/mol. The van der Waals surface area contributed by atoms with E-state index in [2.05, 4.69) is 0 Å². The van der Waals surface area contributed by atoms with Gasteiger partial charge in [-0.2, -0.15) is 0 Å². The molecule has 0 saturated carbocycles. The van der Waals surface area contributed by atoms with Crippen molar-refractivity contribution < 1.29 is 14.3 Å². The Morgan fingerprint density at radius 3 is 2.55 bits per heavy atom. The van der Waals surface area contributed by atoms with E-state index < -0.39 is 0 Å². The number of benzene rings is 1. The van der Waals surface area contributed by atoms with Crippen LogP contribution in [0.1, 0.15) is 26.3 Å². The molecule has 0 unspecified atom stereocenters. The Balaban J connectivity index is 2.34. The highest BCUT2D eigenvalue weighted by atomic mass is 32.2. The van der Waals surface area contributed by atoms with E-state index >= 15 is 0 Å². The number of ether oxygens (including phenoxy) is 2. The lowest BCUT2D eigenvalue weighted by Crippen LogP contribution is -2.27. The minimum absolute atomic E-state index is 0.0474. The van der Waals surface area contributed by atoms with E-state index in [0.717, 1.165) is 11.3 Å². The van der Waals surface area contributed by atoms with Gasteiger partial charge in [0, 0.05) is 18.2 Å². The molecule has 1 aromatic carbocycles. The summed E-state index contributed by atoms with van der Waals surface area (Å²) in [5, 5.41) is 0. The highest BCUT2D eigenvalue weighted by molar-refractivity contribution is 8.26. The minimum Gasteiger partial charge on any atom is -0.494 e. The van der Waals surface area contributed by atoms with Crippen molar-refractivity contribution in [3.63, 3.8) is 0 Å². The van der Waals surface area contributed by atoms with E-state index in [1.54, 1.807) is 4.90 Å². The first kappa shape index (κ1) is 16.8. The second-order valence-electron chi connectivity index (χ2n) is 4.49. The van der Waals surface area contributed by atoms with Crippen LogP contribution in [0.2, 0.25) is 0 Å². The summed E-state index contributed by atoms with van der Waals surface area (Å²) in [6, 6.07) is 5.62. The third-order valence-corrected chi connectivity index (χ3v) is 4.45. The maximum Gasteiger partial charge on any atom is 0.266 e. The van der Waals surface area contributed by atoms with Crippen LogP contribution in [0.5, 0.6) is 11.5 Å². The van der Waals surface area contributed by atoms with Crippen LogP contribution in [0.15, 0.2) is 23.1 Å². The van der Waals surface area contributed by atoms with E-state index in [1.165, 1.54) is 11.8 Å². The predicted molar refractivity (Wildman–Crippen MR) is 94.3 cm³/mol. The molecule has 0 spiro atoms. The Bertz CT molecular complexity index is 613. The molecular weight excluding hydrogens is 318 g/mol. The molecule has 1 amide bonds. The number of carbonyl (C=O) groups excluding carboxylic acids is 1. The topological polar surface area (TPSA) is 38.8 Å². The van der Waals surface area contributed by atoms with Gasteiger partial charge in [0.2, 0.25) is 0 Å². The van der Waals surface area contributed by atoms with Crippen molar-refractivity contribution in [3.8, 4) is 11.5 Å². The fourth-order valence-electron chi connectivity index (χ4n) is 2.08. The van der Waals surface area contributed by atoms with Crippen molar-refractivity contribution in [3.05, 3.63) is 28.7 Å². The molecule has 2 rings (SSSR count). The second kappa shape index (κ2) is 7.65. The molecule has 0 atom stereocenters. The average Bonchev–Trinajstić information content (AvgIpc) is 2.76. The Morgan fingerprint density at radius 1 is 1.23 bits per heavy atom. The van der Waals surface area contributed by atoms with Crippen LogP contribution < -0.4 is 9.47 Å². The number of likely N-dealkylation sites (N-methyl/N-ethyl adjacent to an activating group) is 1. The third kappa shape index (κ3) is 3.62. The van der Waals surface area contributed by atoms with Crippen LogP contribution in [-0.2, 0) is 4.79 Å². The van der Waals surface area contributed by atoms with Gasteiger partial charge in [0.25, 0.3) is 5.91 Å². The van der Waals surface area contributed by atoms with Gasteiger partial charge >= 0.3 is 0 Å². The molecule has 0 N–H and O–H groups in total. The van der Waals surface area contributed by atoms with Gasteiger partial charge in [0.1, 0.15) is 15.8 Å². The standard InChI is InChI=1S/C16H19NO3S2/c1-4-17-15(18)14(22-16(17)21)9-11-7-8-12(19-5-2)10-13(11)20-6-3/h7-10H,4-6H2,1-3H3. The molecule has 1 fully saturated rings. The molecule has 0 bridgehead atoms. The van der Waals surface area contributed by atoms with Crippen molar-refractivity contribution in [2.45, 2.75) is 20.8 Å². The number of thiocarbonyl (C=S) groups is 1. The Hall–Kier alpha value is -1.53. The molecule has 0 aromatic heterocycles. The molecule has 1 aliphatic rings. The van der Waals surface area contributed by atoms with E-state index in [-0.39, 0.29) is 5.91 Å². The molecule has 1 aliphatic heterocycles. The molecule has 1 heterocycles. The first-order valence-corrected chi connectivity index (χ1v) is 8.48. The number of carbonyl (C=O) groups is 1. The Kier molecular flexibility index (Phi) is 5.85. The highest BCUT2D eigenvalue weighted by Crippen LogP contribution is 2.35. The zero-order valence-electron chi connectivity index (χ0n) is 12.9. The molecule has 4 nitrogen and oxygen atoms in total. The summed E-state index contributed by atoms with van der Waals surface area (Å²) in [5.74, 6) is 1.41. The van der Waals surface area contributed by atoms with Crippen molar-refractivity contribution in [2.75, 3.05) is 19.8 Å². The largest absolute Gasteiger partial charge is 0.494 e. The maximum absolute atomic E-state index is 12.3.